The summed E-state index contributed by atoms with van der Waals surface area (Å²) < 4.78 is 27.6. The van der Waals surface area contributed by atoms with Gasteiger partial charge in [0, 0.05) is 6.92 Å². The highest BCUT2D eigenvalue weighted by molar-refractivity contribution is 8.00. The van der Waals surface area contributed by atoms with Gasteiger partial charge in [-0.3, -0.25) is 4.79 Å². The number of esters is 3. The maximum absolute atomic E-state index is 13.1. The zero-order chi connectivity index (χ0) is 29.4. The molecule has 1 saturated heterocycles. The number of carbonyl (C=O) groups is 4. The second kappa shape index (κ2) is 13.8. The molecule has 0 spiro atoms. The molecule has 1 heterocycles. The number of rotatable bonds is 9. The minimum Gasteiger partial charge on any atom is -0.461 e. The van der Waals surface area contributed by atoms with E-state index in [1.54, 1.807) is 72.8 Å². The molecule has 214 valence electrons. The standard InChI is InChI=1S/C31H30O9S/c1-19-9-13-23(14-10-19)28(33)36-18-25-26(39-29(34)24-15-11-20(2)12-16-24)27(30(41-25)38-21(3)32)40-31(35)37-17-22-7-5-4-6-8-22/h4-16,25-27,30H,17-18H2,1-3H3/t25-,26+,27-,30?/m1/s1. The zero-order valence-corrected chi connectivity index (χ0v) is 23.6. The SMILES string of the molecule is CC(=O)OC1S[C@H](COC(=O)c2ccc(C)cc2)[C@H](OC(=O)c2ccc(C)cc2)[C@H]1OC(=O)OCc1ccccc1. The van der Waals surface area contributed by atoms with Crippen LogP contribution in [-0.2, 0) is 35.1 Å². The van der Waals surface area contributed by atoms with E-state index < -0.39 is 47.0 Å². The minimum atomic E-state index is -1.23. The number of hydrogen-bond acceptors (Lipinski definition) is 10. The Morgan fingerprint density at radius 2 is 1.27 bits per heavy atom. The summed E-state index contributed by atoms with van der Waals surface area (Å²) in [5.74, 6) is -1.89. The Labute approximate surface area is 242 Å². The molecular weight excluding hydrogens is 548 g/mol. The van der Waals surface area contributed by atoms with Crippen LogP contribution in [0.2, 0.25) is 0 Å². The first-order valence-electron chi connectivity index (χ1n) is 12.9. The van der Waals surface area contributed by atoms with Crippen LogP contribution in [-0.4, -0.2) is 53.6 Å². The van der Waals surface area contributed by atoms with Gasteiger partial charge < -0.3 is 23.7 Å². The molecule has 1 unspecified atom stereocenters. The molecule has 3 aromatic carbocycles. The highest BCUT2D eigenvalue weighted by Crippen LogP contribution is 2.40. The number of hydrogen-bond donors (Lipinski definition) is 0. The summed E-state index contributed by atoms with van der Waals surface area (Å²) in [6.45, 7) is 4.74. The van der Waals surface area contributed by atoms with Crippen LogP contribution in [0.15, 0.2) is 78.9 Å². The van der Waals surface area contributed by atoms with E-state index in [4.69, 9.17) is 23.7 Å². The number of carbonyl (C=O) groups excluding carboxylic acids is 4. The van der Waals surface area contributed by atoms with E-state index in [1.165, 1.54) is 6.92 Å². The van der Waals surface area contributed by atoms with Crippen molar-refractivity contribution in [3.05, 3.63) is 107 Å². The fraction of sp³-hybridized carbons (Fsp3) is 0.290. The smallest absolute Gasteiger partial charge is 0.461 e. The van der Waals surface area contributed by atoms with Crippen molar-refractivity contribution in [3.63, 3.8) is 0 Å². The molecule has 4 atom stereocenters. The molecule has 1 aliphatic heterocycles. The number of benzene rings is 3. The largest absolute Gasteiger partial charge is 0.509 e. The van der Waals surface area contributed by atoms with Crippen molar-refractivity contribution >= 4 is 35.8 Å². The Hall–Kier alpha value is -4.31. The molecule has 0 N–H and O–H groups in total. The monoisotopic (exact) mass is 578 g/mol. The first kappa shape index (κ1) is 29.7. The van der Waals surface area contributed by atoms with E-state index in [0.717, 1.165) is 28.5 Å². The van der Waals surface area contributed by atoms with Crippen molar-refractivity contribution < 1.29 is 42.9 Å². The van der Waals surface area contributed by atoms with E-state index in [2.05, 4.69) is 0 Å². The molecular formula is C31H30O9S. The normalized spacial score (nSPS) is 19.6. The van der Waals surface area contributed by atoms with Crippen molar-refractivity contribution in [3.8, 4) is 0 Å². The Morgan fingerprint density at radius 1 is 0.683 bits per heavy atom. The molecule has 0 saturated carbocycles. The Kier molecular flexibility index (Phi) is 10.0. The van der Waals surface area contributed by atoms with Crippen LogP contribution in [0.5, 0.6) is 0 Å². The third-order valence-electron chi connectivity index (χ3n) is 6.18. The quantitative estimate of drug-likeness (QED) is 0.241. The molecule has 41 heavy (non-hydrogen) atoms. The van der Waals surface area contributed by atoms with Gasteiger partial charge in [0.1, 0.15) is 13.2 Å². The Morgan fingerprint density at radius 3 is 1.85 bits per heavy atom. The van der Waals surface area contributed by atoms with Crippen molar-refractivity contribution in [1.29, 1.82) is 0 Å². The highest BCUT2D eigenvalue weighted by atomic mass is 32.2. The van der Waals surface area contributed by atoms with Crippen LogP contribution in [0.4, 0.5) is 4.79 Å². The third-order valence-corrected chi connectivity index (χ3v) is 7.56. The summed E-state index contributed by atoms with van der Waals surface area (Å²) >= 11 is 1.06. The topological polar surface area (TPSA) is 114 Å². The van der Waals surface area contributed by atoms with Crippen LogP contribution in [0, 0.1) is 13.8 Å². The van der Waals surface area contributed by atoms with Gasteiger partial charge in [0.2, 0.25) is 0 Å². The lowest BCUT2D eigenvalue weighted by molar-refractivity contribution is -0.149. The Bertz CT molecular complexity index is 1360. The van der Waals surface area contributed by atoms with Crippen LogP contribution >= 0.6 is 11.8 Å². The molecule has 0 aromatic heterocycles. The van der Waals surface area contributed by atoms with Crippen LogP contribution in [0.25, 0.3) is 0 Å². The lowest BCUT2D eigenvalue weighted by Gasteiger charge is -2.25. The molecule has 0 amide bonds. The van der Waals surface area contributed by atoms with Crippen LogP contribution in [0.1, 0.15) is 44.3 Å². The zero-order valence-electron chi connectivity index (χ0n) is 22.8. The molecule has 0 radical (unpaired) electrons. The summed E-state index contributed by atoms with van der Waals surface area (Å²) in [5.41, 5.74) is 2.26. The maximum Gasteiger partial charge on any atom is 0.509 e. The molecule has 1 aliphatic rings. The average molecular weight is 579 g/mol. The van der Waals surface area contributed by atoms with E-state index in [9.17, 15) is 19.2 Å². The molecule has 4 rings (SSSR count). The summed E-state index contributed by atoms with van der Waals surface area (Å²) in [7, 11) is 0. The predicted octanol–water partition coefficient (Wildman–Crippen LogP) is 5.41. The maximum atomic E-state index is 13.1. The summed E-state index contributed by atoms with van der Waals surface area (Å²) in [5, 5.41) is -0.727. The second-order valence-electron chi connectivity index (χ2n) is 9.46. The number of aryl methyl sites for hydroxylation is 2. The van der Waals surface area contributed by atoms with Gasteiger partial charge in [0.25, 0.3) is 0 Å². The van der Waals surface area contributed by atoms with Crippen LogP contribution in [0.3, 0.4) is 0 Å². The minimum absolute atomic E-state index is 0.0524. The van der Waals surface area contributed by atoms with Gasteiger partial charge in [-0.25, -0.2) is 14.4 Å². The number of thioether (sulfide) groups is 1. The lowest BCUT2D eigenvalue weighted by Crippen LogP contribution is -2.42. The third kappa shape index (κ3) is 8.34. The number of ether oxygens (including phenoxy) is 5. The highest BCUT2D eigenvalue weighted by Gasteiger charge is 2.52. The van der Waals surface area contributed by atoms with Gasteiger partial charge in [0.15, 0.2) is 17.6 Å². The van der Waals surface area contributed by atoms with Gasteiger partial charge in [0.05, 0.1) is 16.4 Å². The van der Waals surface area contributed by atoms with E-state index in [1.807, 2.05) is 19.9 Å². The Balaban J connectivity index is 1.53. The van der Waals surface area contributed by atoms with Gasteiger partial charge in [-0.05, 0) is 43.7 Å². The summed E-state index contributed by atoms with van der Waals surface area (Å²) in [6.07, 6.45) is -3.40. The van der Waals surface area contributed by atoms with Gasteiger partial charge in [-0.2, -0.15) is 0 Å². The first-order chi connectivity index (χ1) is 19.7. The molecule has 1 fully saturated rings. The summed E-state index contributed by atoms with van der Waals surface area (Å²) in [6, 6.07) is 22.6. The lowest BCUT2D eigenvalue weighted by atomic mass is 10.1. The summed E-state index contributed by atoms with van der Waals surface area (Å²) in [4.78, 5) is 50.4. The van der Waals surface area contributed by atoms with Crippen molar-refractivity contribution in [1.82, 2.24) is 0 Å². The van der Waals surface area contributed by atoms with Crippen molar-refractivity contribution in [2.45, 2.75) is 50.3 Å². The van der Waals surface area contributed by atoms with Crippen molar-refractivity contribution in [2.75, 3.05) is 6.61 Å². The van der Waals surface area contributed by atoms with E-state index >= 15 is 0 Å². The molecule has 9 nitrogen and oxygen atoms in total. The fourth-order valence-electron chi connectivity index (χ4n) is 4.03. The second-order valence-corrected chi connectivity index (χ2v) is 10.8. The predicted molar refractivity (Wildman–Crippen MR) is 150 cm³/mol. The van der Waals surface area contributed by atoms with E-state index in [-0.39, 0.29) is 18.8 Å². The van der Waals surface area contributed by atoms with E-state index in [0.29, 0.717) is 5.56 Å². The van der Waals surface area contributed by atoms with Gasteiger partial charge >= 0.3 is 24.1 Å². The van der Waals surface area contributed by atoms with Gasteiger partial charge in [-0.15, -0.1) is 11.8 Å². The molecule has 10 heteroatoms. The van der Waals surface area contributed by atoms with Gasteiger partial charge in [-0.1, -0.05) is 65.7 Å². The fourth-order valence-corrected chi connectivity index (χ4v) is 5.44. The molecule has 0 aliphatic carbocycles. The van der Waals surface area contributed by atoms with Crippen molar-refractivity contribution in [2.24, 2.45) is 0 Å². The average Bonchev–Trinajstić information content (AvgIpc) is 3.26. The molecule has 0 bridgehead atoms. The first-order valence-corrected chi connectivity index (χ1v) is 13.9. The van der Waals surface area contributed by atoms with Crippen LogP contribution < -0.4 is 0 Å². The molecule has 3 aromatic rings.